The lowest BCUT2D eigenvalue weighted by molar-refractivity contribution is 0.0997. The highest BCUT2D eigenvalue weighted by molar-refractivity contribution is 6.30. The van der Waals surface area contributed by atoms with Crippen molar-refractivity contribution in [3.8, 4) is 5.75 Å². The Kier molecular flexibility index (Phi) is 4.77. The Morgan fingerprint density at radius 3 is 2.83 bits per heavy atom. The van der Waals surface area contributed by atoms with Crippen LogP contribution in [0.3, 0.4) is 0 Å². The molecule has 7 heteroatoms. The molecule has 3 aromatic rings. The van der Waals surface area contributed by atoms with Crippen molar-refractivity contribution in [1.29, 1.82) is 0 Å². The number of halogens is 1. The number of imidazole rings is 1. The van der Waals surface area contributed by atoms with Crippen molar-refractivity contribution in [3.05, 3.63) is 76.4 Å². The van der Waals surface area contributed by atoms with E-state index < -0.39 is 0 Å². The first-order valence-corrected chi connectivity index (χ1v) is 7.62. The van der Waals surface area contributed by atoms with Crippen LogP contribution in [0.2, 0.25) is 5.02 Å². The average Bonchev–Trinajstić information content (AvgIpc) is 3.03. The molecule has 1 amide bonds. The second-order valence-electron chi connectivity index (χ2n) is 5.04. The summed E-state index contributed by atoms with van der Waals surface area (Å²) in [5.41, 5.74) is 2.48. The molecule has 0 atom stereocenters. The SMILES string of the molecule is COc1cccnc1Cc1c[nH]c(=NC(=O)c2ccc(Cl)cc2)[nH]1. The van der Waals surface area contributed by atoms with Crippen molar-refractivity contribution in [2.24, 2.45) is 4.99 Å². The van der Waals surface area contributed by atoms with Gasteiger partial charge in [0.1, 0.15) is 5.75 Å². The van der Waals surface area contributed by atoms with Crippen LogP contribution in [0.5, 0.6) is 5.75 Å². The molecule has 3 rings (SSSR count). The van der Waals surface area contributed by atoms with Gasteiger partial charge in [0.25, 0.3) is 5.91 Å². The van der Waals surface area contributed by atoms with Crippen molar-refractivity contribution in [2.45, 2.75) is 6.42 Å². The minimum Gasteiger partial charge on any atom is -0.495 e. The van der Waals surface area contributed by atoms with Crippen LogP contribution >= 0.6 is 11.6 Å². The van der Waals surface area contributed by atoms with Crippen LogP contribution in [0.15, 0.2) is 53.8 Å². The van der Waals surface area contributed by atoms with Crippen molar-refractivity contribution in [2.75, 3.05) is 7.11 Å². The molecule has 0 aliphatic carbocycles. The normalized spacial score (nSPS) is 11.5. The van der Waals surface area contributed by atoms with E-state index >= 15 is 0 Å². The Bertz CT molecular complexity index is 913. The van der Waals surface area contributed by atoms with Gasteiger partial charge in [-0.3, -0.25) is 9.78 Å². The molecule has 2 N–H and O–H groups in total. The number of nitrogens with one attached hydrogen (secondary N) is 2. The minimum atomic E-state index is -0.355. The zero-order valence-corrected chi connectivity index (χ0v) is 13.7. The highest BCUT2D eigenvalue weighted by Gasteiger charge is 2.07. The number of hydrogen-bond acceptors (Lipinski definition) is 3. The molecule has 0 saturated carbocycles. The van der Waals surface area contributed by atoms with Gasteiger partial charge in [-0.15, -0.1) is 0 Å². The van der Waals surface area contributed by atoms with Gasteiger partial charge in [-0.1, -0.05) is 11.6 Å². The number of aromatic nitrogens is 3. The lowest BCUT2D eigenvalue weighted by Crippen LogP contribution is -2.11. The summed E-state index contributed by atoms with van der Waals surface area (Å²) in [6, 6.07) is 10.2. The molecule has 0 unspecified atom stereocenters. The second-order valence-corrected chi connectivity index (χ2v) is 5.48. The molecule has 0 saturated heterocycles. The molecule has 2 aromatic heterocycles. The first-order valence-electron chi connectivity index (χ1n) is 7.25. The molecule has 0 bridgehead atoms. The van der Waals surface area contributed by atoms with E-state index in [4.69, 9.17) is 16.3 Å². The lowest BCUT2D eigenvalue weighted by Gasteiger charge is -2.04. The number of ether oxygens (including phenoxy) is 1. The highest BCUT2D eigenvalue weighted by Crippen LogP contribution is 2.16. The number of nitrogens with zero attached hydrogens (tertiary/aromatic N) is 2. The monoisotopic (exact) mass is 342 g/mol. The quantitative estimate of drug-likeness (QED) is 0.764. The van der Waals surface area contributed by atoms with Crippen molar-refractivity contribution in [1.82, 2.24) is 15.0 Å². The summed E-state index contributed by atoms with van der Waals surface area (Å²) in [5, 5.41) is 0.574. The van der Waals surface area contributed by atoms with E-state index in [1.807, 2.05) is 12.1 Å². The number of benzene rings is 1. The molecule has 24 heavy (non-hydrogen) atoms. The Hall–Kier alpha value is -2.86. The van der Waals surface area contributed by atoms with Crippen LogP contribution in [0.25, 0.3) is 0 Å². The summed E-state index contributed by atoms with van der Waals surface area (Å²) in [6.45, 7) is 0. The molecule has 6 nitrogen and oxygen atoms in total. The molecule has 122 valence electrons. The molecule has 0 fully saturated rings. The van der Waals surface area contributed by atoms with Gasteiger partial charge in [0.05, 0.1) is 12.8 Å². The smallest absolute Gasteiger partial charge is 0.280 e. The minimum absolute atomic E-state index is 0.355. The third kappa shape index (κ3) is 3.72. The van der Waals surface area contributed by atoms with Gasteiger partial charge in [-0.05, 0) is 36.4 Å². The van der Waals surface area contributed by atoms with Gasteiger partial charge < -0.3 is 14.7 Å². The van der Waals surface area contributed by atoms with Crippen LogP contribution in [0.1, 0.15) is 21.7 Å². The largest absolute Gasteiger partial charge is 0.495 e. The van der Waals surface area contributed by atoms with Crippen molar-refractivity contribution < 1.29 is 9.53 Å². The fraction of sp³-hybridized carbons (Fsp3) is 0.118. The van der Waals surface area contributed by atoms with E-state index in [2.05, 4.69) is 19.9 Å². The zero-order valence-electron chi connectivity index (χ0n) is 12.9. The predicted molar refractivity (Wildman–Crippen MR) is 90.1 cm³/mol. The van der Waals surface area contributed by atoms with Crippen LogP contribution in [-0.4, -0.2) is 28.0 Å². The van der Waals surface area contributed by atoms with E-state index in [1.54, 1.807) is 43.8 Å². The number of amides is 1. The van der Waals surface area contributed by atoms with Gasteiger partial charge >= 0.3 is 0 Å². The number of aromatic amines is 2. The van der Waals surface area contributed by atoms with Crippen molar-refractivity contribution in [3.63, 3.8) is 0 Å². The first kappa shape index (κ1) is 16.0. The van der Waals surface area contributed by atoms with Gasteiger partial charge in [0.15, 0.2) is 0 Å². The summed E-state index contributed by atoms with van der Waals surface area (Å²) in [4.78, 5) is 26.4. The van der Waals surface area contributed by atoms with Gasteiger partial charge in [0.2, 0.25) is 5.62 Å². The van der Waals surface area contributed by atoms with E-state index in [1.165, 1.54) is 0 Å². The number of carbonyl (C=O) groups is 1. The zero-order chi connectivity index (χ0) is 16.9. The molecule has 0 spiro atoms. The fourth-order valence-electron chi connectivity index (χ4n) is 2.22. The molecule has 0 aliphatic rings. The number of carbonyl (C=O) groups excluding carboxylic acids is 1. The Morgan fingerprint density at radius 1 is 1.29 bits per heavy atom. The second kappa shape index (κ2) is 7.14. The maximum Gasteiger partial charge on any atom is 0.280 e. The summed E-state index contributed by atoms with van der Waals surface area (Å²) in [5.74, 6) is 0.356. The highest BCUT2D eigenvalue weighted by atomic mass is 35.5. The van der Waals surface area contributed by atoms with Crippen LogP contribution in [0, 0.1) is 0 Å². The first-order chi connectivity index (χ1) is 11.7. The van der Waals surface area contributed by atoms with Gasteiger partial charge in [0, 0.05) is 35.1 Å². The van der Waals surface area contributed by atoms with Gasteiger partial charge in [-0.25, -0.2) is 0 Å². The van der Waals surface area contributed by atoms with Crippen LogP contribution < -0.4 is 10.4 Å². The Labute approximate surface area is 143 Å². The maximum atomic E-state index is 12.1. The molecular formula is C17H15ClN4O2. The number of hydrogen-bond donors (Lipinski definition) is 2. The number of pyridine rings is 1. The number of methoxy groups -OCH3 is 1. The third-order valence-corrected chi connectivity index (χ3v) is 3.64. The lowest BCUT2D eigenvalue weighted by atomic mass is 10.2. The van der Waals surface area contributed by atoms with E-state index in [-0.39, 0.29) is 5.91 Å². The Morgan fingerprint density at radius 2 is 2.08 bits per heavy atom. The molecule has 0 aliphatic heterocycles. The summed E-state index contributed by atoms with van der Waals surface area (Å²) in [6.07, 6.45) is 3.99. The van der Waals surface area contributed by atoms with Crippen LogP contribution in [-0.2, 0) is 6.42 Å². The number of H-pyrrole nitrogens is 2. The molecule has 1 aromatic carbocycles. The Balaban J connectivity index is 1.80. The maximum absolute atomic E-state index is 12.1. The van der Waals surface area contributed by atoms with Crippen LogP contribution in [0.4, 0.5) is 0 Å². The average molecular weight is 343 g/mol. The van der Waals surface area contributed by atoms with E-state index in [9.17, 15) is 4.79 Å². The third-order valence-electron chi connectivity index (χ3n) is 3.39. The summed E-state index contributed by atoms with van der Waals surface area (Å²) in [7, 11) is 1.60. The summed E-state index contributed by atoms with van der Waals surface area (Å²) < 4.78 is 5.28. The standard InChI is InChI=1S/C17H15ClN4O2/c1-24-15-3-2-8-19-14(15)9-13-10-20-17(21-13)22-16(23)11-4-6-12(18)7-5-11/h2-8,10H,9H2,1H3,(H2,20,21,22,23). The summed E-state index contributed by atoms with van der Waals surface area (Å²) >= 11 is 5.81. The predicted octanol–water partition coefficient (Wildman–Crippen LogP) is 2.73. The molecule has 2 heterocycles. The molecular weight excluding hydrogens is 328 g/mol. The topological polar surface area (TPSA) is 83.1 Å². The van der Waals surface area contributed by atoms with Crippen molar-refractivity contribution >= 4 is 17.5 Å². The van der Waals surface area contributed by atoms with E-state index in [0.29, 0.717) is 28.4 Å². The fourth-order valence-corrected chi connectivity index (χ4v) is 2.34. The van der Waals surface area contributed by atoms with Gasteiger partial charge in [-0.2, -0.15) is 4.99 Å². The molecule has 0 radical (unpaired) electrons. The number of rotatable bonds is 4. The van der Waals surface area contributed by atoms with E-state index in [0.717, 1.165) is 11.4 Å².